The summed E-state index contributed by atoms with van der Waals surface area (Å²) in [5.74, 6) is -4.83. The van der Waals surface area contributed by atoms with Gasteiger partial charge in [-0.1, -0.05) is 13.3 Å². The number of hydrogen-bond acceptors (Lipinski definition) is 10. The number of ketones is 1. The van der Waals surface area contributed by atoms with Crippen LogP contribution in [-0.4, -0.2) is 85.2 Å². The molecule has 236 valence electrons. The van der Waals surface area contributed by atoms with Crippen molar-refractivity contribution in [3.8, 4) is 17.2 Å². The van der Waals surface area contributed by atoms with Crippen LogP contribution >= 0.6 is 0 Å². The maximum atomic E-state index is 14.4. The van der Waals surface area contributed by atoms with Gasteiger partial charge < -0.3 is 34.1 Å². The number of hydrogen-bond donors (Lipinski definition) is 2. The zero-order valence-electron chi connectivity index (χ0n) is 24.9. The fourth-order valence-electron chi connectivity index (χ4n) is 3.57. The molecule has 0 aromatic heterocycles. The molecule has 0 saturated carbocycles. The molecule has 2 aromatic carbocycles. The summed E-state index contributed by atoms with van der Waals surface area (Å²) in [6, 6.07) is 7.23. The number of halogens is 1. The van der Waals surface area contributed by atoms with Gasteiger partial charge in [-0.05, 0) is 64.2 Å². The van der Waals surface area contributed by atoms with E-state index >= 15 is 0 Å². The molecular weight excluding hydrogens is 569 g/mol. The number of esters is 2. The molecule has 2 aromatic rings. The highest BCUT2D eigenvalue weighted by atomic mass is 19.1. The number of nitrogens with zero attached hydrogens (tertiary/aromatic N) is 1. The summed E-state index contributed by atoms with van der Waals surface area (Å²) in [5.41, 5.74) is 1.10. The molecule has 0 aliphatic rings. The van der Waals surface area contributed by atoms with Gasteiger partial charge in [-0.3, -0.25) is 9.59 Å². The molecule has 0 atom stereocenters. The monoisotopic (exact) mass is 607 g/mol. The molecule has 0 amide bonds. The summed E-state index contributed by atoms with van der Waals surface area (Å²) in [7, 11) is 3.86. The number of carboxylic acid groups (broad SMARTS) is 2. The lowest BCUT2D eigenvalue weighted by Crippen LogP contribution is -2.16. The molecule has 2 rings (SSSR count). The molecule has 2 N–H and O–H groups in total. The average molecular weight is 608 g/mol. The number of carboxylic acids is 2. The molecule has 0 heterocycles. The topological polar surface area (TPSA) is 166 Å². The van der Waals surface area contributed by atoms with Gasteiger partial charge in [0.1, 0.15) is 11.5 Å². The molecule has 0 radical (unpaired) electrons. The van der Waals surface area contributed by atoms with E-state index in [4.69, 9.17) is 38.7 Å². The van der Waals surface area contributed by atoms with E-state index in [1.54, 1.807) is 12.1 Å². The van der Waals surface area contributed by atoms with Gasteiger partial charge in [0.25, 0.3) is 0 Å². The van der Waals surface area contributed by atoms with Gasteiger partial charge in [0, 0.05) is 25.5 Å². The van der Waals surface area contributed by atoms with Crippen LogP contribution in [0.15, 0.2) is 30.3 Å². The van der Waals surface area contributed by atoms with Gasteiger partial charge in [-0.2, -0.15) is 0 Å². The maximum absolute atomic E-state index is 14.4. The Kier molecular flexibility index (Phi) is 16.0. The van der Waals surface area contributed by atoms with Gasteiger partial charge in [0.15, 0.2) is 17.3 Å². The van der Waals surface area contributed by atoms with Crippen LogP contribution in [-0.2, 0) is 25.5 Å². The molecule has 0 bridgehead atoms. The molecule has 12 nitrogen and oxygen atoms in total. The minimum Gasteiger partial charge on any atom is -0.493 e. The number of ether oxygens (including phenoxy) is 4. The molecular formula is C30H38FNO11. The highest BCUT2D eigenvalue weighted by molar-refractivity contribution is 6.27. The zero-order chi connectivity index (χ0) is 32.5. The van der Waals surface area contributed by atoms with Gasteiger partial charge in [-0.25, -0.2) is 18.8 Å². The molecule has 43 heavy (non-hydrogen) atoms. The number of carbonyl (C=O) groups is 5. The van der Waals surface area contributed by atoms with Crippen molar-refractivity contribution in [2.45, 2.75) is 46.5 Å². The minimum atomic E-state index is -1.82. The van der Waals surface area contributed by atoms with E-state index in [1.165, 1.54) is 26.0 Å². The van der Waals surface area contributed by atoms with Gasteiger partial charge in [0.05, 0.1) is 30.9 Å². The Morgan fingerprint density at radius 3 is 1.98 bits per heavy atom. The predicted molar refractivity (Wildman–Crippen MR) is 152 cm³/mol. The Balaban J connectivity index is 0.00000139. The summed E-state index contributed by atoms with van der Waals surface area (Å²) >= 11 is 0. The van der Waals surface area contributed by atoms with E-state index in [2.05, 4.69) is 0 Å². The van der Waals surface area contributed by atoms with Crippen molar-refractivity contribution in [2.75, 3.05) is 40.5 Å². The lowest BCUT2D eigenvalue weighted by atomic mass is 10.0. The van der Waals surface area contributed by atoms with Crippen molar-refractivity contribution in [1.82, 2.24) is 4.90 Å². The van der Waals surface area contributed by atoms with Crippen LogP contribution in [0.1, 0.15) is 66.3 Å². The molecule has 0 unspecified atom stereocenters. The van der Waals surface area contributed by atoms with Crippen LogP contribution in [0.4, 0.5) is 4.39 Å². The normalized spacial score (nSPS) is 10.3. The molecule has 0 aliphatic heterocycles. The molecule has 0 saturated heterocycles. The third kappa shape index (κ3) is 13.3. The van der Waals surface area contributed by atoms with Crippen molar-refractivity contribution in [3.05, 3.63) is 52.8 Å². The first-order valence-electron chi connectivity index (χ1n) is 13.5. The van der Waals surface area contributed by atoms with Crippen molar-refractivity contribution in [3.63, 3.8) is 0 Å². The second kappa shape index (κ2) is 18.8. The Labute approximate surface area is 249 Å². The third-order valence-corrected chi connectivity index (χ3v) is 5.48. The highest BCUT2D eigenvalue weighted by Crippen LogP contribution is 2.34. The summed E-state index contributed by atoms with van der Waals surface area (Å²) in [4.78, 5) is 55.9. The second-order valence-electron chi connectivity index (χ2n) is 9.42. The lowest BCUT2D eigenvalue weighted by Gasteiger charge is -2.17. The van der Waals surface area contributed by atoms with Gasteiger partial charge in [0.2, 0.25) is 0 Å². The van der Waals surface area contributed by atoms with Crippen LogP contribution in [0.5, 0.6) is 17.2 Å². The predicted octanol–water partition coefficient (Wildman–Crippen LogP) is 4.02. The Morgan fingerprint density at radius 2 is 1.47 bits per heavy atom. The smallest absolute Gasteiger partial charge is 0.414 e. The number of rotatable bonds is 15. The van der Waals surface area contributed by atoms with Gasteiger partial charge in [-0.15, -0.1) is 0 Å². The zero-order valence-corrected chi connectivity index (χ0v) is 24.9. The highest BCUT2D eigenvalue weighted by Gasteiger charge is 2.20. The molecule has 13 heteroatoms. The number of Topliss-reactive ketones (excluding diaryl/α,β-unsaturated/α-hetero) is 1. The molecule has 0 aliphatic carbocycles. The fourth-order valence-corrected chi connectivity index (χ4v) is 3.57. The van der Waals surface area contributed by atoms with Crippen molar-refractivity contribution >= 4 is 29.7 Å². The van der Waals surface area contributed by atoms with Crippen molar-refractivity contribution in [1.29, 1.82) is 0 Å². The summed E-state index contributed by atoms with van der Waals surface area (Å²) < 4.78 is 36.3. The second-order valence-corrected chi connectivity index (χ2v) is 9.42. The minimum absolute atomic E-state index is 0.0267. The largest absolute Gasteiger partial charge is 0.493 e. The Hall–Kier alpha value is -4.52. The van der Waals surface area contributed by atoms with Gasteiger partial charge >= 0.3 is 23.9 Å². The first-order chi connectivity index (χ1) is 20.3. The Morgan fingerprint density at radius 1 is 0.860 bits per heavy atom. The van der Waals surface area contributed by atoms with E-state index in [9.17, 15) is 18.8 Å². The van der Waals surface area contributed by atoms with E-state index in [0.717, 1.165) is 19.0 Å². The summed E-state index contributed by atoms with van der Waals surface area (Å²) in [6.45, 7) is 6.15. The van der Waals surface area contributed by atoms with E-state index in [-0.39, 0.29) is 42.7 Å². The quantitative estimate of drug-likeness (QED) is 0.0983. The van der Waals surface area contributed by atoms with Crippen LogP contribution in [0.3, 0.4) is 0 Å². The third-order valence-electron chi connectivity index (χ3n) is 5.48. The average Bonchev–Trinajstić information content (AvgIpc) is 2.92. The number of carbonyl (C=O) groups excluding carboxylic acids is 3. The van der Waals surface area contributed by atoms with E-state index < -0.39 is 29.7 Å². The molecule has 0 spiro atoms. The number of aliphatic carboxylic acids is 2. The fraction of sp³-hybridized carbons (Fsp3) is 0.433. The SMILES string of the molecule is CCCc1c(OCCCOc2ccc(C(=O)OCCCN(C)C)cc2F)ccc(C(C)=O)c1OC(C)=O.O=C(O)C(=O)O. The summed E-state index contributed by atoms with van der Waals surface area (Å²) in [6.07, 6.45) is 2.45. The van der Waals surface area contributed by atoms with Crippen molar-refractivity contribution < 1.29 is 57.5 Å². The van der Waals surface area contributed by atoms with E-state index in [0.29, 0.717) is 36.1 Å². The maximum Gasteiger partial charge on any atom is 0.414 e. The lowest BCUT2D eigenvalue weighted by molar-refractivity contribution is -0.159. The van der Waals surface area contributed by atoms with Crippen LogP contribution in [0, 0.1) is 5.82 Å². The number of benzene rings is 2. The molecule has 0 fully saturated rings. The first-order valence-corrected chi connectivity index (χ1v) is 13.5. The van der Waals surface area contributed by atoms with Crippen LogP contribution in [0.2, 0.25) is 0 Å². The summed E-state index contributed by atoms with van der Waals surface area (Å²) in [5, 5.41) is 14.8. The first kappa shape index (κ1) is 36.5. The van der Waals surface area contributed by atoms with Crippen LogP contribution in [0.25, 0.3) is 0 Å². The van der Waals surface area contributed by atoms with E-state index in [1.807, 2.05) is 25.9 Å². The van der Waals surface area contributed by atoms with Crippen molar-refractivity contribution in [2.24, 2.45) is 0 Å². The Bertz CT molecular complexity index is 1260. The van der Waals surface area contributed by atoms with Crippen LogP contribution < -0.4 is 14.2 Å². The standard InChI is InChI=1S/C28H36FNO7.C2H2O4/c1-6-9-23-25(13-11-22(19(2)31)27(23)37-20(3)32)34-16-8-17-35-26-12-10-21(18-24(26)29)28(33)36-15-7-14-30(4)5;3-1(4)2(5)6/h10-13,18H,6-9,14-17H2,1-5H3;(H,3,4)(H,5,6).